The summed E-state index contributed by atoms with van der Waals surface area (Å²) in [5, 5.41) is 19.2. The van der Waals surface area contributed by atoms with E-state index in [0.717, 1.165) is 10.8 Å². The van der Waals surface area contributed by atoms with Gasteiger partial charge >= 0.3 is 17.8 Å². The number of carbonyl (C=O) groups is 1. The van der Waals surface area contributed by atoms with Gasteiger partial charge in [0.05, 0.1) is 12.7 Å². The maximum atomic E-state index is 12.4. The number of carbonyl (C=O) groups excluding carboxylic acids is 1. The quantitative estimate of drug-likeness (QED) is 0.629. The van der Waals surface area contributed by atoms with Crippen LogP contribution in [0.4, 0.5) is 13.2 Å². The Labute approximate surface area is 138 Å². The van der Waals surface area contributed by atoms with Crippen LogP contribution in [0, 0.1) is 6.92 Å². The van der Waals surface area contributed by atoms with Crippen molar-refractivity contribution >= 4 is 5.91 Å². The van der Waals surface area contributed by atoms with Crippen molar-refractivity contribution in [1.82, 2.24) is 9.24 Å². The highest BCUT2D eigenvalue weighted by Gasteiger charge is 2.45. The first-order valence-corrected chi connectivity index (χ1v) is 7.10. The molecule has 2 heterocycles. The van der Waals surface area contributed by atoms with Crippen LogP contribution in [0.15, 0.2) is 15.8 Å². The minimum atomic E-state index is -5.30. The summed E-state index contributed by atoms with van der Waals surface area (Å²) in [6.07, 6.45) is -6.70. The second kappa shape index (κ2) is 6.28. The minimum absolute atomic E-state index is 0.0739. The number of hydrogen-bond acceptors (Lipinski definition) is 6. The first-order valence-electron chi connectivity index (χ1n) is 7.10. The first kappa shape index (κ1) is 19.1. The highest BCUT2D eigenvalue weighted by Crippen LogP contribution is 2.35. The van der Waals surface area contributed by atoms with Crippen molar-refractivity contribution in [1.29, 1.82) is 0 Å². The summed E-state index contributed by atoms with van der Waals surface area (Å²) in [4.78, 5) is 35.3. The number of amides is 1. The number of hydrogen-bond donors (Lipinski definition) is 3. The molecule has 3 N–H and O–H groups in total. The molecule has 12 heteroatoms. The van der Waals surface area contributed by atoms with Gasteiger partial charge in [-0.15, -0.1) is 0 Å². The molecule has 0 radical (unpaired) electrons. The van der Waals surface area contributed by atoms with Crippen LogP contribution in [0.2, 0.25) is 0 Å². The third-order valence-electron chi connectivity index (χ3n) is 3.92. The van der Waals surface area contributed by atoms with E-state index in [1.807, 2.05) is 0 Å². The van der Waals surface area contributed by atoms with Gasteiger partial charge in [0.15, 0.2) is 0 Å². The van der Waals surface area contributed by atoms with Crippen molar-refractivity contribution in [3.63, 3.8) is 0 Å². The fourth-order valence-electron chi connectivity index (χ4n) is 2.36. The van der Waals surface area contributed by atoms with E-state index in [0.29, 0.717) is 0 Å². The van der Waals surface area contributed by atoms with Crippen molar-refractivity contribution in [3.05, 3.63) is 32.6 Å². The Morgan fingerprint density at radius 2 is 2.08 bits per heavy atom. The van der Waals surface area contributed by atoms with Gasteiger partial charge in [0.2, 0.25) is 0 Å². The van der Waals surface area contributed by atoms with Crippen molar-refractivity contribution in [3.8, 4) is 0 Å². The number of aryl methyl sites for hydroxylation is 1. The number of nitrogens with zero attached hydrogens (tertiary/aromatic N) is 2. The fraction of sp³-hybridized carbons (Fsp3) is 0.615. The first-order chi connectivity index (χ1) is 11.4. The Morgan fingerprint density at radius 3 is 2.56 bits per heavy atom. The molecule has 0 aromatic carbocycles. The summed E-state index contributed by atoms with van der Waals surface area (Å²) in [5.41, 5.74) is -2.73. The van der Waals surface area contributed by atoms with E-state index in [1.165, 1.54) is 19.3 Å². The van der Waals surface area contributed by atoms with Crippen LogP contribution in [0.1, 0.15) is 25.1 Å². The third-order valence-corrected chi connectivity index (χ3v) is 3.92. The third kappa shape index (κ3) is 3.45. The van der Waals surface area contributed by atoms with Crippen LogP contribution in [-0.4, -0.2) is 49.9 Å². The smallest absolute Gasteiger partial charge is 0.393 e. The zero-order valence-electron chi connectivity index (χ0n) is 13.2. The number of rotatable bonds is 3. The molecule has 0 bridgehead atoms. The number of alkyl halides is 3. The lowest BCUT2D eigenvalue weighted by Crippen LogP contribution is -2.50. The number of nitrogens with one attached hydrogen (secondary N) is 1. The predicted molar refractivity (Wildman–Crippen MR) is 76.4 cm³/mol. The summed E-state index contributed by atoms with van der Waals surface area (Å²) in [6, 6.07) is 0. The lowest BCUT2D eigenvalue weighted by molar-refractivity contribution is -0.168. The largest absolute Gasteiger partial charge is 0.472 e. The van der Waals surface area contributed by atoms with Crippen LogP contribution in [-0.2, 0) is 9.53 Å². The summed E-state index contributed by atoms with van der Waals surface area (Å²) >= 11 is 0. The second-order valence-electron chi connectivity index (χ2n) is 5.88. The Kier molecular flexibility index (Phi) is 4.81. The highest BCUT2D eigenvalue weighted by molar-refractivity contribution is 5.88. The predicted octanol–water partition coefficient (Wildman–Crippen LogP) is -1.02. The Bertz CT molecular complexity index is 802. The van der Waals surface area contributed by atoms with Crippen LogP contribution < -0.4 is 16.7 Å². The van der Waals surface area contributed by atoms with Crippen LogP contribution in [0.3, 0.4) is 0 Å². The molecule has 0 spiro atoms. The Balaban J connectivity index is 2.48. The van der Waals surface area contributed by atoms with E-state index < -0.39 is 47.9 Å². The van der Waals surface area contributed by atoms with Gasteiger partial charge < -0.3 is 14.9 Å². The summed E-state index contributed by atoms with van der Waals surface area (Å²) in [6.45, 7) is 2.05. The monoisotopic (exact) mass is 367 g/mol. The maximum Gasteiger partial charge on any atom is 0.472 e. The molecule has 1 fully saturated rings. The second-order valence-corrected chi connectivity index (χ2v) is 5.88. The van der Waals surface area contributed by atoms with E-state index >= 15 is 0 Å². The van der Waals surface area contributed by atoms with Gasteiger partial charge in [-0.3, -0.25) is 14.2 Å². The van der Waals surface area contributed by atoms with E-state index in [9.17, 15) is 37.8 Å². The molecule has 25 heavy (non-hydrogen) atoms. The summed E-state index contributed by atoms with van der Waals surface area (Å²) < 4.78 is 43.2. The zero-order valence-corrected chi connectivity index (χ0v) is 13.2. The van der Waals surface area contributed by atoms with Crippen molar-refractivity contribution in [2.24, 2.45) is 0 Å². The molecule has 1 aliphatic rings. The number of aliphatic hydroxyl groups excluding tert-OH is 2. The van der Waals surface area contributed by atoms with Crippen LogP contribution in [0.25, 0.3) is 0 Å². The molecular weight excluding hydrogens is 351 g/mol. The molecule has 1 aromatic rings. The van der Waals surface area contributed by atoms with Gasteiger partial charge in [0, 0.05) is 18.2 Å². The van der Waals surface area contributed by atoms with E-state index in [4.69, 9.17) is 4.74 Å². The lowest BCUT2D eigenvalue weighted by atomic mass is 10.0. The van der Waals surface area contributed by atoms with Gasteiger partial charge in [-0.25, -0.2) is 10.2 Å². The average Bonchev–Trinajstić information content (AvgIpc) is 2.82. The van der Waals surface area contributed by atoms with Crippen molar-refractivity contribution < 1.29 is 32.9 Å². The summed E-state index contributed by atoms with van der Waals surface area (Å²) in [5.74, 6) is -2.49. The van der Waals surface area contributed by atoms with Crippen molar-refractivity contribution in [2.75, 3.05) is 12.0 Å². The van der Waals surface area contributed by atoms with Gasteiger partial charge in [-0.1, -0.05) is 0 Å². The Hall–Kier alpha value is -2.18. The summed E-state index contributed by atoms with van der Waals surface area (Å²) in [7, 11) is 0. The van der Waals surface area contributed by atoms with E-state index in [-0.39, 0.29) is 16.7 Å². The normalized spacial score (nSPS) is 26.7. The number of aromatic nitrogens is 2. The minimum Gasteiger partial charge on any atom is -0.393 e. The number of ether oxygens (including phenoxy) is 1. The molecule has 1 aliphatic heterocycles. The molecule has 1 aromatic heterocycles. The van der Waals surface area contributed by atoms with Gasteiger partial charge in [0.25, 0.3) is 5.56 Å². The molecule has 1 saturated heterocycles. The molecule has 1 amide bonds. The van der Waals surface area contributed by atoms with E-state index in [1.54, 1.807) is 0 Å². The van der Waals surface area contributed by atoms with Gasteiger partial charge in [0.1, 0.15) is 11.8 Å². The standard InChI is InChI=1S/C13H16F3N3O6/c1-6-4-18(8-3-7(21)12(2,5-20)25-8)11(24)19(9(6)22)17-10(23)13(14,15)16/h4,7-8,20-21H,3,5H2,1-2H3,(H,17,23)/t7?,8-,12-/m1/s1. The van der Waals surface area contributed by atoms with Crippen LogP contribution in [0.5, 0.6) is 0 Å². The van der Waals surface area contributed by atoms with Crippen LogP contribution >= 0.6 is 0 Å². The van der Waals surface area contributed by atoms with Crippen molar-refractivity contribution in [2.45, 2.75) is 44.4 Å². The van der Waals surface area contributed by atoms with Gasteiger partial charge in [-0.05, 0) is 13.8 Å². The molecule has 9 nitrogen and oxygen atoms in total. The average molecular weight is 367 g/mol. The molecule has 140 valence electrons. The maximum absolute atomic E-state index is 12.4. The molecule has 3 atom stereocenters. The number of halogens is 3. The Morgan fingerprint density at radius 1 is 1.48 bits per heavy atom. The van der Waals surface area contributed by atoms with E-state index in [2.05, 4.69) is 0 Å². The molecular formula is C13H16F3N3O6. The SMILES string of the molecule is Cc1cn([C@H]2CC(O)[C@@](C)(CO)O2)c(=O)n(NC(=O)C(F)(F)F)c1=O. The molecule has 0 aliphatic carbocycles. The topological polar surface area (TPSA) is 123 Å². The molecule has 2 rings (SSSR count). The molecule has 1 unspecified atom stereocenters. The highest BCUT2D eigenvalue weighted by atomic mass is 19.4. The molecule has 0 saturated carbocycles. The van der Waals surface area contributed by atoms with Gasteiger partial charge in [-0.2, -0.15) is 17.8 Å². The lowest BCUT2D eigenvalue weighted by Gasteiger charge is -2.25. The number of aliphatic hydroxyl groups is 2. The zero-order chi connectivity index (χ0) is 19.2. The fourth-order valence-corrected chi connectivity index (χ4v) is 2.36.